The van der Waals surface area contributed by atoms with Crippen molar-refractivity contribution in [2.24, 2.45) is 0 Å². The molecule has 0 atom stereocenters. The first-order valence-corrected chi connectivity index (χ1v) is 21.7. The van der Waals surface area contributed by atoms with Gasteiger partial charge in [-0.2, -0.15) is 0 Å². The molecule has 2 aliphatic heterocycles. The fraction of sp³-hybridized carbons (Fsp3) is 0. The van der Waals surface area contributed by atoms with Gasteiger partial charge in [0.05, 0.1) is 22.7 Å². The van der Waals surface area contributed by atoms with E-state index in [0.717, 1.165) is 68.2 Å². The first kappa shape index (κ1) is 36.1. The normalized spacial score (nSPS) is 12.6. The Morgan fingerprint density at radius 2 is 0.625 bits per heavy atom. The lowest BCUT2D eigenvalue weighted by molar-refractivity contribution is 0.477. The van der Waals surface area contributed by atoms with Gasteiger partial charge in [0.2, 0.25) is 0 Å². The topological polar surface area (TPSA) is 24.9 Å². The van der Waals surface area contributed by atoms with Gasteiger partial charge < -0.3 is 19.3 Å². The number of nitrogens with zero attached hydrogens (tertiary/aromatic N) is 2. The number of hydrogen-bond acceptors (Lipinski definition) is 4. The number of fused-ring (bicyclic) bond motifs is 7. The van der Waals surface area contributed by atoms with Crippen molar-refractivity contribution in [1.29, 1.82) is 0 Å². The SMILES string of the molecule is c1ccc(-c2ccc3cc(-c4c5ccc(N6c7ccccc7Oc7ccccc76)cc5c(-c5ccccc5)c5ccc(N6c7ccccc7Oc7ccccc76)cc45)ccc3c2)cc1. The molecule has 0 aliphatic carbocycles. The molecule has 4 heteroatoms. The molecule has 0 aromatic heterocycles. The van der Waals surface area contributed by atoms with Crippen LogP contribution in [-0.4, -0.2) is 0 Å². The maximum Gasteiger partial charge on any atom is 0.151 e. The molecule has 13 rings (SSSR count). The van der Waals surface area contributed by atoms with Crippen LogP contribution in [0.5, 0.6) is 23.0 Å². The minimum Gasteiger partial charge on any atom is -0.453 e. The molecule has 300 valence electrons. The van der Waals surface area contributed by atoms with Gasteiger partial charge in [0.1, 0.15) is 0 Å². The van der Waals surface area contributed by atoms with Crippen molar-refractivity contribution in [1.82, 2.24) is 0 Å². The third-order valence-electron chi connectivity index (χ3n) is 12.8. The van der Waals surface area contributed by atoms with Gasteiger partial charge in [-0.1, -0.05) is 146 Å². The molecule has 0 saturated carbocycles. The fourth-order valence-electron chi connectivity index (χ4n) is 9.89. The second-order valence-corrected chi connectivity index (χ2v) is 16.5. The predicted octanol–water partition coefficient (Wildman–Crippen LogP) is 17.3. The maximum absolute atomic E-state index is 6.47. The highest BCUT2D eigenvalue weighted by molar-refractivity contribution is 6.23. The monoisotopic (exact) mass is 818 g/mol. The summed E-state index contributed by atoms with van der Waals surface area (Å²) in [6.07, 6.45) is 0. The number of para-hydroxylation sites is 8. The van der Waals surface area contributed by atoms with Gasteiger partial charge in [-0.25, -0.2) is 0 Å². The minimum atomic E-state index is 0.827. The summed E-state index contributed by atoms with van der Waals surface area (Å²) in [4.78, 5) is 4.68. The van der Waals surface area contributed by atoms with Gasteiger partial charge in [0, 0.05) is 11.4 Å². The minimum absolute atomic E-state index is 0.827. The number of ether oxygens (including phenoxy) is 2. The molecule has 11 aromatic carbocycles. The molecular formula is C60H38N2O2. The molecule has 0 spiro atoms. The van der Waals surface area contributed by atoms with E-state index in [0.29, 0.717) is 0 Å². The molecule has 0 amide bonds. The maximum atomic E-state index is 6.47. The zero-order chi connectivity index (χ0) is 42.1. The zero-order valence-corrected chi connectivity index (χ0v) is 34.7. The van der Waals surface area contributed by atoms with E-state index in [1.807, 2.05) is 48.5 Å². The van der Waals surface area contributed by atoms with Crippen molar-refractivity contribution in [3.05, 3.63) is 231 Å². The summed E-state index contributed by atoms with van der Waals surface area (Å²) in [6.45, 7) is 0. The summed E-state index contributed by atoms with van der Waals surface area (Å²) in [5, 5.41) is 7.07. The molecule has 2 aliphatic rings. The molecule has 0 radical (unpaired) electrons. The Labute approximate surface area is 371 Å². The van der Waals surface area contributed by atoms with E-state index >= 15 is 0 Å². The average Bonchev–Trinajstić information content (AvgIpc) is 3.36. The summed E-state index contributed by atoms with van der Waals surface area (Å²) < 4.78 is 12.9. The van der Waals surface area contributed by atoms with Gasteiger partial charge in [0.25, 0.3) is 0 Å². The third-order valence-corrected chi connectivity index (χ3v) is 12.8. The van der Waals surface area contributed by atoms with Crippen molar-refractivity contribution in [2.75, 3.05) is 9.80 Å². The molecule has 0 saturated heterocycles. The van der Waals surface area contributed by atoms with Crippen LogP contribution < -0.4 is 19.3 Å². The highest BCUT2D eigenvalue weighted by atomic mass is 16.5. The highest BCUT2D eigenvalue weighted by Crippen LogP contribution is 2.54. The van der Waals surface area contributed by atoms with E-state index in [1.54, 1.807) is 0 Å². The average molecular weight is 819 g/mol. The molecule has 0 fully saturated rings. The Morgan fingerprint density at radius 1 is 0.250 bits per heavy atom. The van der Waals surface area contributed by atoms with Crippen LogP contribution in [0.3, 0.4) is 0 Å². The van der Waals surface area contributed by atoms with Crippen LogP contribution in [0.4, 0.5) is 34.1 Å². The summed E-state index contributed by atoms with van der Waals surface area (Å²) in [5.41, 5.74) is 13.2. The summed E-state index contributed by atoms with van der Waals surface area (Å²) in [5.74, 6) is 3.31. The molecule has 64 heavy (non-hydrogen) atoms. The number of rotatable bonds is 5. The van der Waals surface area contributed by atoms with Crippen LogP contribution in [0.2, 0.25) is 0 Å². The Bertz CT molecular complexity index is 3550. The largest absolute Gasteiger partial charge is 0.453 e. The Hall–Kier alpha value is -8.60. The van der Waals surface area contributed by atoms with E-state index < -0.39 is 0 Å². The smallest absolute Gasteiger partial charge is 0.151 e. The van der Waals surface area contributed by atoms with Crippen molar-refractivity contribution >= 4 is 66.4 Å². The van der Waals surface area contributed by atoms with Crippen molar-refractivity contribution < 1.29 is 9.47 Å². The predicted molar refractivity (Wildman–Crippen MR) is 265 cm³/mol. The zero-order valence-electron chi connectivity index (χ0n) is 34.7. The molecule has 4 nitrogen and oxygen atoms in total. The summed E-state index contributed by atoms with van der Waals surface area (Å²) in [7, 11) is 0. The molecule has 11 aromatic rings. The lowest BCUT2D eigenvalue weighted by Gasteiger charge is -2.33. The van der Waals surface area contributed by atoms with E-state index in [1.165, 1.54) is 54.6 Å². The Kier molecular flexibility index (Phi) is 8.18. The highest BCUT2D eigenvalue weighted by Gasteiger charge is 2.29. The van der Waals surface area contributed by atoms with E-state index in [-0.39, 0.29) is 0 Å². The van der Waals surface area contributed by atoms with Gasteiger partial charge in [-0.15, -0.1) is 0 Å². The third kappa shape index (κ3) is 5.77. The standard InChI is InChI=1S/C60H38N2O2/c1-3-15-39(16-4-1)41-27-28-43-36-44(30-29-42(43)35-41)60-48-34-32-45(61-51-19-7-11-23-55(51)63-56-24-12-8-20-52(56)61)37-49(48)59(40-17-5-2-6-18-40)47-33-31-46(38-50(47)60)62-53-21-9-13-25-57(53)64-58-26-14-10-22-54(58)62/h1-38H. The van der Waals surface area contributed by atoms with Crippen molar-refractivity contribution in [3.63, 3.8) is 0 Å². The quantitative estimate of drug-likeness (QED) is 0.162. The second-order valence-electron chi connectivity index (χ2n) is 16.5. The van der Waals surface area contributed by atoms with Crippen LogP contribution >= 0.6 is 0 Å². The van der Waals surface area contributed by atoms with E-state index in [4.69, 9.17) is 9.47 Å². The van der Waals surface area contributed by atoms with Gasteiger partial charge in [-0.3, -0.25) is 0 Å². The molecule has 0 N–H and O–H groups in total. The lowest BCUT2D eigenvalue weighted by Crippen LogP contribution is -2.15. The Balaban J connectivity index is 1.11. The van der Waals surface area contributed by atoms with Crippen LogP contribution in [0, 0.1) is 0 Å². The first-order chi connectivity index (χ1) is 31.7. The summed E-state index contributed by atoms with van der Waals surface area (Å²) in [6, 6.07) is 82.4. The molecule has 0 unspecified atom stereocenters. The van der Waals surface area contributed by atoms with Gasteiger partial charge >= 0.3 is 0 Å². The molecule has 0 bridgehead atoms. The number of anilines is 6. The van der Waals surface area contributed by atoms with Crippen LogP contribution in [0.1, 0.15) is 0 Å². The van der Waals surface area contributed by atoms with Crippen molar-refractivity contribution in [3.8, 4) is 56.4 Å². The number of benzene rings is 11. The first-order valence-electron chi connectivity index (χ1n) is 21.7. The fourth-order valence-corrected chi connectivity index (χ4v) is 9.89. The van der Waals surface area contributed by atoms with Crippen molar-refractivity contribution in [2.45, 2.75) is 0 Å². The molecular weight excluding hydrogens is 781 g/mol. The van der Waals surface area contributed by atoms with Crippen LogP contribution in [-0.2, 0) is 0 Å². The molecule has 2 heterocycles. The lowest BCUT2D eigenvalue weighted by atomic mass is 9.84. The van der Waals surface area contributed by atoms with E-state index in [2.05, 4.69) is 192 Å². The van der Waals surface area contributed by atoms with Crippen LogP contribution in [0.15, 0.2) is 231 Å². The van der Waals surface area contributed by atoms with Gasteiger partial charge in [0.15, 0.2) is 23.0 Å². The van der Waals surface area contributed by atoms with Crippen LogP contribution in [0.25, 0.3) is 65.7 Å². The van der Waals surface area contributed by atoms with E-state index in [9.17, 15) is 0 Å². The number of hydrogen-bond donors (Lipinski definition) is 0. The Morgan fingerprint density at radius 3 is 1.09 bits per heavy atom. The van der Waals surface area contributed by atoms with Gasteiger partial charge in [-0.05, 0) is 151 Å². The second kappa shape index (κ2) is 14.5. The summed E-state index contributed by atoms with van der Waals surface area (Å²) >= 11 is 0.